The molecule has 0 saturated heterocycles. The van der Waals surface area contributed by atoms with E-state index in [-0.39, 0.29) is 24.1 Å². The molecule has 1 unspecified atom stereocenters. The maximum absolute atomic E-state index is 13.1. The number of H-pyrrole nitrogens is 1. The molecule has 2 N–H and O–H groups in total. The Bertz CT molecular complexity index is 1020. The summed E-state index contributed by atoms with van der Waals surface area (Å²) in [7, 11) is 0. The summed E-state index contributed by atoms with van der Waals surface area (Å²) in [4.78, 5) is 16.3. The standard InChI is InChI=1S/C26H23NO3/c28-22-15-13-19(14-16-22)23(24-12-7-17-27-24)18-25(29)30-26(20-8-3-1-4-9-20)21-10-5-2-6-11-21/h1-17,23,26-28H,18H2. The molecule has 0 saturated carbocycles. The van der Waals surface area contributed by atoms with Crippen molar-refractivity contribution in [2.75, 3.05) is 0 Å². The summed E-state index contributed by atoms with van der Waals surface area (Å²) < 4.78 is 5.99. The number of esters is 1. The van der Waals surface area contributed by atoms with E-state index in [2.05, 4.69) is 4.98 Å². The fourth-order valence-corrected chi connectivity index (χ4v) is 3.61. The lowest BCUT2D eigenvalue weighted by Gasteiger charge is -2.21. The molecule has 0 spiro atoms. The van der Waals surface area contributed by atoms with Gasteiger partial charge in [0.1, 0.15) is 5.75 Å². The maximum atomic E-state index is 13.1. The van der Waals surface area contributed by atoms with Gasteiger partial charge in [-0.1, -0.05) is 72.8 Å². The minimum absolute atomic E-state index is 0.182. The molecule has 0 fully saturated rings. The van der Waals surface area contributed by atoms with Crippen LogP contribution in [0, 0.1) is 0 Å². The monoisotopic (exact) mass is 397 g/mol. The summed E-state index contributed by atoms with van der Waals surface area (Å²) in [5, 5.41) is 9.62. The highest BCUT2D eigenvalue weighted by atomic mass is 16.5. The van der Waals surface area contributed by atoms with Crippen LogP contribution >= 0.6 is 0 Å². The van der Waals surface area contributed by atoms with Crippen molar-refractivity contribution in [1.82, 2.24) is 4.98 Å². The third kappa shape index (κ3) is 4.61. The van der Waals surface area contributed by atoms with Gasteiger partial charge >= 0.3 is 5.97 Å². The number of aromatic nitrogens is 1. The number of carbonyl (C=O) groups excluding carboxylic acids is 1. The quantitative estimate of drug-likeness (QED) is 0.401. The van der Waals surface area contributed by atoms with Gasteiger partial charge in [-0.2, -0.15) is 0 Å². The van der Waals surface area contributed by atoms with Crippen LogP contribution in [-0.4, -0.2) is 16.1 Å². The molecule has 0 aliphatic heterocycles. The topological polar surface area (TPSA) is 62.3 Å². The molecule has 4 rings (SSSR count). The second-order valence-corrected chi connectivity index (χ2v) is 7.16. The fraction of sp³-hybridized carbons (Fsp3) is 0.115. The number of nitrogens with one attached hydrogen (secondary N) is 1. The zero-order valence-corrected chi connectivity index (χ0v) is 16.4. The van der Waals surface area contributed by atoms with Crippen molar-refractivity contribution in [3.8, 4) is 5.75 Å². The van der Waals surface area contributed by atoms with E-state index in [0.29, 0.717) is 0 Å². The van der Waals surface area contributed by atoms with Crippen LogP contribution in [-0.2, 0) is 9.53 Å². The van der Waals surface area contributed by atoms with Gasteiger partial charge < -0.3 is 14.8 Å². The van der Waals surface area contributed by atoms with Crippen molar-refractivity contribution in [3.63, 3.8) is 0 Å². The molecule has 0 aliphatic carbocycles. The molecule has 1 atom stereocenters. The Labute approximate surface area is 175 Å². The average molecular weight is 397 g/mol. The summed E-state index contributed by atoms with van der Waals surface area (Å²) in [6.07, 6.45) is 1.55. The number of phenols is 1. The smallest absolute Gasteiger partial charge is 0.307 e. The summed E-state index contributed by atoms with van der Waals surface area (Å²) in [5.41, 5.74) is 3.72. The van der Waals surface area contributed by atoms with Gasteiger partial charge in [0.05, 0.1) is 6.42 Å². The highest BCUT2D eigenvalue weighted by Gasteiger charge is 2.24. The van der Waals surface area contributed by atoms with Crippen molar-refractivity contribution in [3.05, 3.63) is 126 Å². The van der Waals surface area contributed by atoms with Gasteiger partial charge in [-0.3, -0.25) is 4.79 Å². The Balaban J connectivity index is 1.59. The molecule has 4 nitrogen and oxygen atoms in total. The molecule has 4 heteroatoms. The molecule has 1 heterocycles. The summed E-state index contributed by atoms with van der Waals surface area (Å²) in [6, 6.07) is 30.3. The average Bonchev–Trinajstić information content (AvgIpc) is 3.32. The zero-order chi connectivity index (χ0) is 20.8. The predicted molar refractivity (Wildman–Crippen MR) is 116 cm³/mol. The highest BCUT2D eigenvalue weighted by Crippen LogP contribution is 2.31. The molecule has 0 amide bonds. The third-order valence-electron chi connectivity index (χ3n) is 5.12. The largest absolute Gasteiger partial charge is 0.508 e. The van der Waals surface area contributed by atoms with Crippen molar-refractivity contribution in [2.24, 2.45) is 0 Å². The number of aromatic hydroxyl groups is 1. The van der Waals surface area contributed by atoms with Gasteiger partial charge in [0.2, 0.25) is 0 Å². The molecule has 3 aromatic carbocycles. The van der Waals surface area contributed by atoms with Crippen LogP contribution in [0.4, 0.5) is 0 Å². The molecule has 0 bridgehead atoms. The van der Waals surface area contributed by atoms with Crippen LogP contribution in [0.1, 0.15) is 40.8 Å². The van der Waals surface area contributed by atoms with E-state index >= 15 is 0 Å². The highest BCUT2D eigenvalue weighted by molar-refractivity contribution is 5.72. The summed E-state index contributed by atoms with van der Waals surface area (Å²) >= 11 is 0. The Morgan fingerprint density at radius 1 is 0.767 bits per heavy atom. The predicted octanol–water partition coefficient (Wildman–Crippen LogP) is 5.58. The van der Waals surface area contributed by atoms with Crippen LogP contribution in [0.5, 0.6) is 5.75 Å². The number of hydrogen-bond acceptors (Lipinski definition) is 3. The van der Waals surface area contributed by atoms with E-state index in [0.717, 1.165) is 22.4 Å². The Kier molecular flexibility index (Phi) is 5.95. The van der Waals surface area contributed by atoms with E-state index in [1.54, 1.807) is 12.1 Å². The van der Waals surface area contributed by atoms with Crippen LogP contribution in [0.15, 0.2) is 103 Å². The Hall–Kier alpha value is -3.79. The lowest BCUT2D eigenvalue weighted by molar-refractivity contribution is -0.147. The van der Waals surface area contributed by atoms with Gasteiger partial charge in [0, 0.05) is 17.8 Å². The van der Waals surface area contributed by atoms with Gasteiger partial charge in [0.25, 0.3) is 0 Å². The Morgan fingerprint density at radius 3 is 1.90 bits per heavy atom. The van der Waals surface area contributed by atoms with Gasteiger partial charge in [-0.05, 0) is 41.0 Å². The van der Waals surface area contributed by atoms with Crippen molar-refractivity contribution in [2.45, 2.75) is 18.4 Å². The number of aromatic amines is 1. The van der Waals surface area contributed by atoms with Crippen molar-refractivity contribution < 1.29 is 14.6 Å². The second kappa shape index (κ2) is 9.14. The molecule has 0 aliphatic rings. The van der Waals surface area contributed by atoms with Crippen LogP contribution in [0.3, 0.4) is 0 Å². The first-order chi connectivity index (χ1) is 14.7. The number of carbonyl (C=O) groups is 1. The van der Waals surface area contributed by atoms with E-state index < -0.39 is 6.10 Å². The number of rotatable bonds is 7. The summed E-state index contributed by atoms with van der Waals surface area (Å²) in [6.45, 7) is 0. The van der Waals surface area contributed by atoms with Gasteiger partial charge in [-0.15, -0.1) is 0 Å². The minimum atomic E-state index is -0.469. The van der Waals surface area contributed by atoms with Crippen LogP contribution in [0.25, 0.3) is 0 Å². The number of hydrogen-bond donors (Lipinski definition) is 2. The second-order valence-electron chi connectivity index (χ2n) is 7.16. The first-order valence-corrected chi connectivity index (χ1v) is 9.92. The first-order valence-electron chi connectivity index (χ1n) is 9.92. The van der Waals surface area contributed by atoms with Gasteiger partial charge in [-0.25, -0.2) is 0 Å². The molecule has 1 aromatic heterocycles. The normalized spacial score (nSPS) is 11.9. The minimum Gasteiger partial charge on any atom is -0.508 e. The van der Waals surface area contributed by atoms with Crippen LogP contribution < -0.4 is 0 Å². The Morgan fingerprint density at radius 2 is 1.37 bits per heavy atom. The first kappa shape index (κ1) is 19.5. The molecular weight excluding hydrogens is 374 g/mol. The third-order valence-corrected chi connectivity index (χ3v) is 5.12. The van der Waals surface area contributed by atoms with Crippen molar-refractivity contribution in [1.29, 1.82) is 0 Å². The number of phenolic OH excluding ortho intramolecular Hbond substituents is 1. The molecule has 150 valence electrons. The molecule has 30 heavy (non-hydrogen) atoms. The fourth-order valence-electron chi connectivity index (χ4n) is 3.61. The molecular formula is C26H23NO3. The number of ether oxygens (including phenoxy) is 1. The molecule has 4 aromatic rings. The van der Waals surface area contributed by atoms with E-state index in [1.165, 1.54) is 0 Å². The molecule has 0 radical (unpaired) electrons. The van der Waals surface area contributed by atoms with E-state index in [9.17, 15) is 9.90 Å². The SMILES string of the molecule is O=C(CC(c1ccc(O)cc1)c1ccc[nH]1)OC(c1ccccc1)c1ccccc1. The zero-order valence-electron chi connectivity index (χ0n) is 16.4. The van der Waals surface area contributed by atoms with Crippen LogP contribution in [0.2, 0.25) is 0 Å². The lowest BCUT2D eigenvalue weighted by atomic mass is 9.92. The number of benzene rings is 3. The van der Waals surface area contributed by atoms with E-state index in [4.69, 9.17) is 4.74 Å². The maximum Gasteiger partial charge on any atom is 0.307 e. The van der Waals surface area contributed by atoms with Gasteiger partial charge in [0.15, 0.2) is 6.10 Å². The lowest BCUT2D eigenvalue weighted by Crippen LogP contribution is -2.16. The van der Waals surface area contributed by atoms with Crippen molar-refractivity contribution >= 4 is 5.97 Å². The van der Waals surface area contributed by atoms with E-state index in [1.807, 2.05) is 91.1 Å². The summed E-state index contributed by atoms with van der Waals surface area (Å²) in [5.74, 6) is -0.291.